The molecule has 1 fully saturated rings. The van der Waals surface area contributed by atoms with Crippen LogP contribution in [-0.4, -0.2) is 30.4 Å². The second kappa shape index (κ2) is 7.84. The van der Waals surface area contributed by atoms with E-state index in [1.165, 1.54) is 0 Å². The summed E-state index contributed by atoms with van der Waals surface area (Å²) < 4.78 is 3.71. The monoisotopic (exact) mass is 364 g/mol. The van der Waals surface area contributed by atoms with Crippen molar-refractivity contribution >= 4 is 0 Å². The molecule has 140 valence electrons. The summed E-state index contributed by atoms with van der Waals surface area (Å²) >= 11 is 0. The van der Waals surface area contributed by atoms with E-state index < -0.39 is 0 Å². The van der Waals surface area contributed by atoms with E-state index in [9.17, 15) is 4.79 Å². The first-order valence-electron chi connectivity index (χ1n) is 9.40. The highest BCUT2D eigenvalue weighted by Gasteiger charge is 2.24. The molecular weight excluding hydrogens is 340 g/mol. The lowest BCUT2D eigenvalue weighted by Gasteiger charge is -2.29. The first-order valence-corrected chi connectivity index (χ1v) is 9.40. The quantitative estimate of drug-likeness (QED) is 0.752. The summed E-state index contributed by atoms with van der Waals surface area (Å²) in [6.07, 6.45) is 11.2. The highest BCUT2D eigenvalue weighted by Crippen LogP contribution is 2.27. The molecule has 3 heterocycles. The summed E-state index contributed by atoms with van der Waals surface area (Å²) in [7, 11) is 2.01. The van der Waals surface area contributed by atoms with Gasteiger partial charge in [-0.05, 0) is 43.9 Å². The van der Waals surface area contributed by atoms with Crippen LogP contribution in [0, 0.1) is 0 Å². The van der Waals surface area contributed by atoms with E-state index in [1.807, 2.05) is 36.1 Å². The molecule has 7 heteroatoms. The predicted molar refractivity (Wildman–Crippen MR) is 103 cm³/mol. The molecule has 1 saturated carbocycles. The van der Waals surface area contributed by atoms with Gasteiger partial charge in [0.25, 0.3) is 5.56 Å². The summed E-state index contributed by atoms with van der Waals surface area (Å²) in [5.74, 6) is 1.04. The Balaban J connectivity index is 1.41. The van der Waals surface area contributed by atoms with Gasteiger partial charge in [0.05, 0.1) is 18.3 Å². The van der Waals surface area contributed by atoms with E-state index in [1.54, 1.807) is 29.2 Å². The minimum absolute atomic E-state index is 0.0303. The smallest absolute Gasteiger partial charge is 0.267 e. The van der Waals surface area contributed by atoms with Gasteiger partial charge in [0.2, 0.25) is 0 Å². The molecule has 3 aromatic rings. The van der Waals surface area contributed by atoms with Crippen LogP contribution in [0.1, 0.15) is 37.5 Å². The molecule has 0 bridgehead atoms. The fourth-order valence-electron chi connectivity index (χ4n) is 3.69. The minimum Gasteiger partial charge on any atom is -0.337 e. The second-order valence-corrected chi connectivity index (χ2v) is 7.08. The second-order valence-electron chi connectivity index (χ2n) is 7.08. The van der Waals surface area contributed by atoms with Crippen LogP contribution in [0.5, 0.6) is 0 Å². The lowest BCUT2D eigenvalue weighted by atomic mass is 9.91. The maximum Gasteiger partial charge on any atom is 0.267 e. The highest BCUT2D eigenvalue weighted by molar-refractivity contribution is 5.57. The van der Waals surface area contributed by atoms with Gasteiger partial charge in [-0.25, -0.2) is 9.67 Å². The molecule has 0 saturated heterocycles. The molecule has 0 amide bonds. The summed E-state index contributed by atoms with van der Waals surface area (Å²) in [4.78, 5) is 20.8. The van der Waals surface area contributed by atoms with E-state index >= 15 is 0 Å². The molecule has 1 aliphatic carbocycles. The van der Waals surface area contributed by atoms with E-state index in [2.05, 4.69) is 20.4 Å². The van der Waals surface area contributed by atoms with Gasteiger partial charge in [-0.2, -0.15) is 5.10 Å². The number of nitrogens with zero attached hydrogens (tertiary/aromatic N) is 5. The van der Waals surface area contributed by atoms with Gasteiger partial charge in [0, 0.05) is 49.5 Å². The van der Waals surface area contributed by atoms with Gasteiger partial charge < -0.3 is 9.88 Å². The van der Waals surface area contributed by atoms with Gasteiger partial charge in [-0.3, -0.25) is 9.78 Å². The van der Waals surface area contributed by atoms with Crippen LogP contribution in [0.4, 0.5) is 0 Å². The van der Waals surface area contributed by atoms with E-state index in [0.717, 1.165) is 49.3 Å². The maximum atomic E-state index is 12.4. The number of pyridine rings is 1. The predicted octanol–water partition coefficient (Wildman–Crippen LogP) is 2.31. The average Bonchev–Trinajstić information content (AvgIpc) is 3.13. The van der Waals surface area contributed by atoms with Crippen LogP contribution in [-0.2, 0) is 13.6 Å². The van der Waals surface area contributed by atoms with Crippen molar-refractivity contribution in [1.82, 2.24) is 29.6 Å². The van der Waals surface area contributed by atoms with Crippen LogP contribution >= 0.6 is 0 Å². The van der Waals surface area contributed by atoms with Crippen molar-refractivity contribution in [2.45, 2.75) is 44.3 Å². The molecule has 0 radical (unpaired) electrons. The molecule has 4 rings (SSSR count). The summed E-state index contributed by atoms with van der Waals surface area (Å²) in [6, 6.07) is 7.84. The van der Waals surface area contributed by atoms with Crippen LogP contribution in [0.15, 0.2) is 53.8 Å². The highest BCUT2D eigenvalue weighted by atomic mass is 16.1. The zero-order valence-electron chi connectivity index (χ0n) is 15.5. The van der Waals surface area contributed by atoms with Gasteiger partial charge in [-0.15, -0.1) is 0 Å². The van der Waals surface area contributed by atoms with E-state index in [4.69, 9.17) is 0 Å². The van der Waals surface area contributed by atoms with Crippen LogP contribution < -0.4 is 10.9 Å². The van der Waals surface area contributed by atoms with E-state index in [-0.39, 0.29) is 11.6 Å². The van der Waals surface area contributed by atoms with Crippen molar-refractivity contribution in [3.05, 3.63) is 65.2 Å². The SMILES string of the molecule is Cn1ccnc1CNC1CCC(n2nc(-c3ccncc3)ccc2=O)CC1. The third kappa shape index (κ3) is 3.98. The maximum absolute atomic E-state index is 12.4. The Morgan fingerprint density at radius 2 is 1.85 bits per heavy atom. The summed E-state index contributed by atoms with van der Waals surface area (Å²) in [6.45, 7) is 0.772. The molecule has 0 spiro atoms. The fourth-order valence-corrected chi connectivity index (χ4v) is 3.69. The van der Waals surface area contributed by atoms with Crippen molar-refractivity contribution in [3.63, 3.8) is 0 Å². The first kappa shape index (κ1) is 17.6. The molecular formula is C20H24N6O. The van der Waals surface area contributed by atoms with Crippen molar-refractivity contribution in [2.24, 2.45) is 7.05 Å². The van der Waals surface area contributed by atoms with Crippen LogP contribution in [0.2, 0.25) is 0 Å². The molecule has 0 aliphatic heterocycles. The standard InChI is InChI=1S/C20H24N6O/c1-25-13-12-22-19(25)14-23-16-2-4-17(5-3-16)26-20(27)7-6-18(24-26)15-8-10-21-11-9-15/h6-13,16-17,23H,2-5,14H2,1H3. The number of nitrogens with one attached hydrogen (secondary N) is 1. The number of imidazole rings is 1. The largest absolute Gasteiger partial charge is 0.337 e. The Morgan fingerprint density at radius 3 is 2.56 bits per heavy atom. The van der Waals surface area contributed by atoms with Gasteiger partial charge in [0.1, 0.15) is 5.82 Å². The van der Waals surface area contributed by atoms with Gasteiger partial charge >= 0.3 is 0 Å². The Hall–Kier alpha value is -2.80. The molecule has 7 nitrogen and oxygen atoms in total. The zero-order valence-corrected chi connectivity index (χ0v) is 15.5. The Bertz CT molecular complexity index is 940. The molecule has 3 aromatic heterocycles. The summed E-state index contributed by atoms with van der Waals surface area (Å²) in [5.41, 5.74) is 1.76. The lowest BCUT2D eigenvalue weighted by molar-refractivity contribution is 0.268. The Labute approximate surface area is 158 Å². The molecule has 1 N–H and O–H groups in total. The van der Waals surface area contributed by atoms with Crippen molar-refractivity contribution in [1.29, 1.82) is 0 Å². The number of hydrogen-bond donors (Lipinski definition) is 1. The van der Waals surface area contributed by atoms with Crippen molar-refractivity contribution < 1.29 is 0 Å². The molecule has 0 atom stereocenters. The Kier molecular flexibility index (Phi) is 5.11. The van der Waals surface area contributed by atoms with Crippen LogP contribution in [0.3, 0.4) is 0 Å². The number of aromatic nitrogens is 5. The van der Waals surface area contributed by atoms with Gasteiger partial charge in [0.15, 0.2) is 0 Å². The van der Waals surface area contributed by atoms with E-state index in [0.29, 0.717) is 6.04 Å². The fraction of sp³-hybridized carbons (Fsp3) is 0.400. The van der Waals surface area contributed by atoms with Gasteiger partial charge in [-0.1, -0.05) is 0 Å². The lowest BCUT2D eigenvalue weighted by Crippen LogP contribution is -2.36. The molecule has 27 heavy (non-hydrogen) atoms. The summed E-state index contributed by atoms with van der Waals surface area (Å²) in [5, 5.41) is 8.22. The average molecular weight is 364 g/mol. The Morgan fingerprint density at radius 1 is 1.07 bits per heavy atom. The minimum atomic E-state index is -0.0303. The third-order valence-electron chi connectivity index (χ3n) is 5.31. The molecule has 1 aliphatic rings. The third-order valence-corrected chi connectivity index (χ3v) is 5.31. The normalized spacial score (nSPS) is 19.9. The number of hydrogen-bond acceptors (Lipinski definition) is 5. The number of aryl methyl sites for hydroxylation is 1. The van der Waals surface area contributed by atoms with Crippen molar-refractivity contribution in [2.75, 3.05) is 0 Å². The first-order chi connectivity index (χ1) is 13.2. The zero-order chi connectivity index (χ0) is 18.6. The van der Waals surface area contributed by atoms with Crippen LogP contribution in [0.25, 0.3) is 11.3 Å². The number of rotatable bonds is 5. The topological polar surface area (TPSA) is 77.6 Å². The molecule has 0 aromatic carbocycles. The van der Waals surface area contributed by atoms with Crippen molar-refractivity contribution in [3.8, 4) is 11.3 Å². The molecule has 0 unspecified atom stereocenters.